The Labute approximate surface area is 76.0 Å². The molecule has 0 spiro atoms. The Hall–Kier alpha value is -0.530. The third-order valence-electron chi connectivity index (χ3n) is 2.68. The van der Waals surface area contributed by atoms with Crippen LogP contribution in [0.2, 0.25) is 0 Å². The summed E-state index contributed by atoms with van der Waals surface area (Å²) in [6.07, 6.45) is 5.19. The quantitative estimate of drug-likeness (QED) is 0.341. The Morgan fingerprint density at radius 3 is 2.33 bits per heavy atom. The van der Waals surface area contributed by atoms with Crippen LogP contribution in [0.15, 0.2) is 5.16 Å². The lowest BCUT2D eigenvalue weighted by molar-refractivity contribution is 0.103. The molecule has 2 nitrogen and oxygen atoms in total. The Morgan fingerprint density at radius 1 is 1.33 bits per heavy atom. The van der Waals surface area contributed by atoms with Gasteiger partial charge in [-0.15, -0.1) is 0 Å². The lowest BCUT2D eigenvalue weighted by Gasteiger charge is -2.25. The van der Waals surface area contributed by atoms with Crippen molar-refractivity contribution in [2.24, 2.45) is 10.6 Å². The SMILES string of the molecule is CC=NOCCC(C)(CC)CC. The largest absolute Gasteiger partial charge is 0.396 e. The third-order valence-corrected chi connectivity index (χ3v) is 2.68. The molecular weight excluding hydrogens is 150 g/mol. The Morgan fingerprint density at radius 2 is 1.92 bits per heavy atom. The lowest BCUT2D eigenvalue weighted by Crippen LogP contribution is -2.15. The Balaban J connectivity index is 3.58. The minimum absolute atomic E-state index is 0.434. The molecule has 0 aromatic heterocycles. The fourth-order valence-corrected chi connectivity index (χ4v) is 1.02. The first-order chi connectivity index (χ1) is 5.68. The first-order valence-corrected chi connectivity index (χ1v) is 4.78. The Bertz CT molecular complexity index is 128. The van der Waals surface area contributed by atoms with E-state index in [0.717, 1.165) is 13.0 Å². The van der Waals surface area contributed by atoms with Gasteiger partial charge in [0.05, 0.1) is 0 Å². The molecular formula is C10H21NO. The van der Waals surface area contributed by atoms with Gasteiger partial charge in [0, 0.05) is 6.21 Å². The summed E-state index contributed by atoms with van der Waals surface area (Å²) in [5.74, 6) is 0. The highest BCUT2D eigenvalue weighted by Crippen LogP contribution is 2.29. The van der Waals surface area contributed by atoms with Crippen LogP contribution in [0.25, 0.3) is 0 Å². The van der Waals surface area contributed by atoms with E-state index >= 15 is 0 Å². The molecule has 12 heavy (non-hydrogen) atoms. The van der Waals surface area contributed by atoms with Crippen LogP contribution in [-0.2, 0) is 4.84 Å². The summed E-state index contributed by atoms with van der Waals surface area (Å²) < 4.78 is 0. The molecule has 0 radical (unpaired) electrons. The van der Waals surface area contributed by atoms with Crippen molar-refractivity contribution < 1.29 is 4.84 Å². The maximum atomic E-state index is 5.05. The van der Waals surface area contributed by atoms with E-state index in [1.165, 1.54) is 12.8 Å². The second-order valence-electron chi connectivity index (χ2n) is 3.46. The second-order valence-corrected chi connectivity index (χ2v) is 3.46. The number of oxime groups is 1. The van der Waals surface area contributed by atoms with Crippen molar-refractivity contribution in [3.8, 4) is 0 Å². The van der Waals surface area contributed by atoms with Crippen LogP contribution in [0.3, 0.4) is 0 Å². The zero-order valence-electron chi connectivity index (χ0n) is 8.76. The summed E-state index contributed by atoms with van der Waals surface area (Å²) in [5, 5.41) is 3.72. The monoisotopic (exact) mass is 171 g/mol. The van der Waals surface area contributed by atoms with Gasteiger partial charge in [0.15, 0.2) is 0 Å². The minimum atomic E-state index is 0.434. The molecule has 0 aliphatic carbocycles. The van der Waals surface area contributed by atoms with Gasteiger partial charge in [-0.25, -0.2) is 0 Å². The van der Waals surface area contributed by atoms with Crippen LogP contribution in [0, 0.1) is 5.41 Å². The van der Waals surface area contributed by atoms with Gasteiger partial charge >= 0.3 is 0 Å². The first kappa shape index (κ1) is 11.5. The first-order valence-electron chi connectivity index (χ1n) is 4.78. The van der Waals surface area contributed by atoms with Crippen LogP contribution in [0.1, 0.15) is 47.0 Å². The predicted octanol–water partition coefficient (Wildman–Crippen LogP) is 3.23. The van der Waals surface area contributed by atoms with Gasteiger partial charge in [-0.3, -0.25) is 0 Å². The summed E-state index contributed by atoms with van der Waals surface area (Å²) >= 11 is 0. The molecule has 72 valence electrons. The predicted molar refractivity (Wildman–Crippen MR) is 53.4 cm³/mol. The van der Waals surface area contributed by atoms with E-state index in [-0.39, 0.29) is 0 Å². The molecule has 0 aromatic carbocycles. The fraction of sp³-hybridized carbons (Fsp3) is 0.900. The van der Waals surface area contributed by atoms with Gasteiger partial charge in [0.1, 0.15) is 6.61 Å². The van der Waals surface area contributed by atoms with Crippen LogP contribution in [-0.4, -0.2) is 12.8 Å². The molecule has 0 atom stereocenters. The van der Waals surface area contributed by atoms with E-state index in [4.69, 9.17) is 4.84 Å². The zero-order valence-corrected chi connectivity index (χ0v) is 8.76. The average Bonchev–Trinajstić information content (AvgIpc) is 2.12. The summed E-state index contributed by atoms with van der Waals surface area (Å²) in [6.45, 7) is 9.35. The van der Waals surface area contributed by atoms with Crippen molar-refractivity contribution in [1.82, 2.24) is 0 Å². The molecule has 0 amide bonds. The summed E-state index contributed by atoms with van der Waals surface area (Å²) in [6, 6.07) is 0. The minimum Gasteiger partial charge on any atom is -0.396 e. The molecule has 0 heterocycles. The molecule has 0 saturated carbocycles. The van der Waals surface area contributed by atoms with Crippen LogP contribution in [0.5, 0.6) is 0 Å². The van der Waals surface area contributed by atoms with Crippen LogP contribution >= 0.6 is 0 Å². The maximum absolute atomic E-state index is 5.05. The van der Waals surface area contributed by atoms with Crippen molar-refractivity contribution >= 4 is 6.21 Å². The Kier molecular flexibility index (Phi) is 5.77. The lowest BCUT2D eigenvalue weighted by atomic mass is 9.82. The van der Waals surface area contributed by atoms with Gasteiger partial charge in [-0.1, -0.05) is 38.8 Å². The fourth-order valence-electron chi connectivity index (χ4n) is 1.02. The van der Waals surface area contributed by atoms with Crippen molar-refractivity contribution in [3.05, 3.63) is 0 Å². The highest BCUT2D eigenvalue weighted by molar-refractivity contribution is 5.52. The van der Waals surface area contributed by atoms with Gasteiger partial charge in [-0.05, 0) is 18.8 Å². The van der Waals surface area contributed by atoms with Gasteiger partial charge in [-0.2, -0.15) is 0 Å². The molecule has 2 heteroatoms. The van der Waals surface area contributed by atoms with E-state index in [2.05, 4.69) is 25.9 Å². The smallest absolute Gasteiger partial charge is 0.117 e. The van der Waals surface area contributed by atoms with E-state index in [0.29, 0.717) is 5.41 Å². The van der Waals surface area contributed by atoms with Crippen molar-refractivity contribution in [2.75, 3.05) is 6.61 Å². The molecule has 0 rings (SSSR count). The molecule has 0 aliphatic rings. The van der Waals surface area contributed by atoms with Crippen molar-refractivity contribution in [1.29, 1.82) is 0 Å². The number of hydrogen-bond donors (Lipinski definition) is 0. The topological polar surface area (TPSA) is 21.6 Å². The third kappa shape index (κ3) is 4.37. The van der Waals surface area contributed by atoms with Gasteiger partial charge < -0.3 is 4.84 Å². The number of rotatable bonds is 6. The number of hydrogen-bond acceptors (Lipinski definition) is 2. The van der Waals surface area contributed by atoms with E-state index in [1.54, 1.807) is 6.21 Å². The molecule has 0 N–H and O–H groups in total. The molecule has 0 aromatic rings. The van der Waals surface area contributed by atoms with Crippen LogP contribution in [0.4, 0.5) is 0 Å². The summed E-state index contributed by atoms with van der Waals surface area (Å²) in [4.78, 5) is 5.05. The molecule has 0 saturated heterocycles. The average molecular weight is 171 g/mol. The second kappa shape index (κ2) is 6.04. The molecule has 0 bridgehead atoms. The van der Waals surface area contributed by atoms with Crippen molar-refractivity contribution in [3.63, 3.8) is 0 Å². The normalized spacial score (nSPS) is 12.3. The molecule has 0 unspecified atom stereocenters. The summed E-state index contributed by atoms with van der Waals surface area (Å²) in [5.41, 5.74) is 0.434. The summed E-state index contributed by atoms with van der Waals surface area (Å²) in [7, 11) is 0. The van der Waals surface area contributed by atoms with E-state index in [9.17, 15) is 0 Å². The van der Waals surface area contributed by atoms with E-state index < -0.39 is 0 Å². The highest BCUT2D eigenvalue weighted by atomic mass is 16.6. The van der Waals surface area contributed by atoms with Gasteiger partial charge in [0.25, 0.3) is 0 Å². The molecule has 0 fully saturated rings. The van der Waals surface area contributed by atoms with Crippen LogP contribution < -0.4 is 0 Å². The van der Waals surface area contributed by atoms with E-state index in [1.807, 2.05) is 6.92 Å². The molecule has 0 aliphatic heterocycles. The maximum Gasteiger partial charge on any atom is 0.117 e. The standard InChI is InChI=1S/C10H21NO/c1-5-10(4,6-2)8-9-12-11-7-3/h7H,5-6,8-9H2,1-4H3. The van der Waals surface area contributed by atoms with Gasteiger partial charge in [0.2, 0.25) is 0 Å². The van der Waals surface area contributed by atoms with Crippen molar-refractivity contribution in [2.45, 2.75) is 47.0 Å². The highest BCUT2D eigenvalue weighted by Gasteiger charge is 2.18. The zero-order chi connectivity index (χ0) is 9.45. The number of nitrogens with zero attached hydrogens (tertiary/aromatic N) is 1.